The predicted molar refractivity (Wildman–Crippen MR) is 37.8 cm³/mol. The van der Waals surface area contributed by atoms with E-state index in [2.05, 4.69) is 5.32 Å². The zero-order valence-corrected chi connectivity index (χ0v) is 7.28. The molecular formula is C5H10BLiN2O3. The number of carbonyl (C=O) groups is 1. The summed E-state index contributed by atoms with van der Waals surface area (Å²) in [6, 6.07) is -0.116. The number of carbonyl (C=O) groups excluding carboxylic acids is 1. The number of amides is 1. The van der Waals surface area contributed by atoms with E-state index in [4.69, 9.17) is 0 Å². The van der Waals surface area contributed by atoms with Crippen LogP contribution in [0.25, 0.3) is 0 Å². The quantitative estimate of drug-likeness (QED) is 0.335. The third-order valence-electron chi connectivity index (χ3n) is 1.58. The van der Waals surface area contributed by atoms with Gasteiger partial charge in [0.05, 0.1) is 0 Å². The van der Waals surface area contributed by atoms with E-state index in [-0.39, 0.29) is 42.7 Å². The average Bonchev–Trinajstić information content (AvgIpc) is 1.97. The van der Waals surface area contributed by atoms with E-state index in [0.29, 0.717) is 6.54 Å². The number of likely N-dealkylation sites (N-methyl/N-ethyl adjacent to an activating group) is 1. The molecule has 0 spiro atoms. The molecule has 1 fully saturated rings. The summed E-state index contributed by atoms with van der Waals surface area (Å²) in [5.41, 5.74) is 0. The predicted octanol–water partition coefficient (Wildman–Crippen LogP) is -4.75. The maximum Gasteiger partial charge on any atom is 1.00 e. The molecule has 1 saturated heterocycles. The van der Waals surface area contributed by atoms with Crippen molar-refractivity contribution < 1.29 is 33.8 Å². The maximum atomic E-state index is 10.8. The molecule has 0 aromatic carbocycles. The Morgan fingerprint density at radius 1 is 1.75 bits per heavy atom. The van der Waals surface area contributed by atoms with Crippen molar-refractivity contribution in [3.05, 3.63) is 0 Å². The summed E-state index contributed by atoms with van der Waals surface area (Å²) >= 11 is 0. The number of hydrogen-bond donors (Lipinski definition) is 1. The molecule has 0 aliphatic carbocycles. The van der Waals surface area contributed by atoms with Crippen LogP contribution in [0.4, 0.5) is 0 Å². The number of hydrogen-bond acceptors (Lipinski definition) is 4. The number of rotatable bonds is 3. The Hall–Kier alpha value is -0.148. The van der Waals surface area contributed by atoms with Gasteiger partial charge in [-0.1, -0.05) is 0 Å². The molecule has 7 heteroatoms. The summed E-state index contributed by atoms with van der Waals surface area (Å²) in [4.78, 5) is 12.4. The van der Waals surface area contributed by atoms with Crippen LogP contribution in [0.1, 0.15) is 0 Å². The molecule has 2 N–H and O–H groups in total. The van der Waals surface area contributed by atoms with E-state index in [9.17, 15) is 9.50 Å². The minimum Gasteiger partial charge on any atom is -0.870 e. The molecule has 0 saturated carbocycles. The summed E-state index contributed by atoms with van der Waals surface area (Å²) in [5.74, 6) is 0.0712. The van der Waals surface area contributed by atoms with Gasteiger partial charge in [-0.2, -0.15) is 0 Å². The van der Waals surface area contributed by atoms with E-state index in [1.807, 2.05) is 0 Å². The number of nitrogens with zero attached hydrogens (tertiary/aromatic N) is 1. The van der Waals surface area contributed by atoms with Crippen LogP contribution >= 0.6 is 0 Å². The van der Waals surface area contributed by atoms with Crippen molar-refractivity contribution in [1.82, 2.24) is 10.2 Å². The molecule has 1 aliphatic heterocycles. The molecule has 1 unspecified atom stereocenters. The van der Waals surface area contributed by atoms with Gasteiger partial charge in [-0.3, -0.25) is 0 Å². The first-order valence-corrected chi connectivity index (χ1v) is 3.17. The normalized spacial score (nSPS) is 19.9. The van der Waals surface area contributed by atoms with E-state index < -0.39 is 0 Å². The van der Waals surface area contributed by atoms with Gasteiger partial charge < -0.3 is 5.48 Å². The summed E-state index contributed by atoms with van der Waals surface area (Å²) in [6.45, 7) is 0.715. The van der Waals surface area contributed by atoms with Crippen LogP contribution in [-0.4, -0.2) is 49.5 Å². The van der Waals surface area contributed by atoms with Crippen LogP contribution in [0.5, 0.6) is 0 Å². The molecule has 5 nitrogen and oxygen atoms in total. The molecule has 1 atom stereocenters. The Labute approximate surface area is 83.6 Å². The van der Waals surface area contributed by atoms with Crippen molar-refractivity contribution in [3.8, 4) is 0 Å². The minimum atomic E-state index is -0.116. The van der Waals surface area contributed by atoms with Gasteiger partial charge in [-0.15, -0.1) is 0 Å². The van der Waals surface area contributed by atoms with Crippen LogP contribution < -0.4 is 24.2 Å². The number of nitrogens with one attached hydrogen (secondary N) is 1. The Morgan fingerprint density at radius 2 is 2.33 bits per heavy atom. The molecule has 0 bridgehead atoms. The van der Waals surface area contributed by atoms with E-state index >= 15 is 0 Å². The molecule has 1 aliphatic rings. The fourth-order valence-electron chi connectivity index (χ4n) is 0.938. The van der Waals surface area contributed by atoms with Crippen molar-refractivity contribution in [2.45, 2.75) is 6.04 Å². The van der Waals surface area contributed by atoms with E-state index in [1.165, 1.54) is 0 Å². The smallest absolute Gasteiger partial charge is 0.870 e. The minimum absolute atomic E-state index is 0. The number of likely N-dealkylation sites (tertiary alicyclic amines) is 1. The van der Waals surface area contributed by atoms with Crippen molar-refractivity contribution in [1.29, 1.82) is 0 Å². The second kappa shape index (κ2) is 6.38. The fourth-order valence-corrected chi connectivity index (χ4v) is 0.938. The fraction of sp³-hybridized carbons (Fsp3) is 0.800. The molecule has 1 amide bonds. The van der Waals surface area contributed by atoms with Gasteiger partial charge in [-0.25, -0.2) is 0 Å². The van der Waals surface area contributed by atoms with Crippen molar-refractivity contribution in [3.63, 3.8) is 0 Å². The third-order valence-corrected chi connectivity index (χ3v) is 1.58. The van der Waals surface area contributed by atoms with Gasteiger partial charge >= 0.3 is 77.7 Å². The van der Waals surface area contributed by atoms with E-state index in [1.54, 1.807) is 11.9 Å². The molecule has 0 aromatic heterocycles. The van der Waals surface area contributed by atoms with E-state index in [0.717, 1.165) is 7.15 Å². The van der Waals surface area contributed by atoms with Gasteiger partial charge in [0.1, 0.15) is 0 Å². The summed E-state index contributed by atoms with van der Waals surface area (Å²) in [6.07, 6.45) is 0.268. The summed E-state index contributed by atoms with van der Waals surface area (Å²) < 4.78 is 9.85. The van der Waals surface area contributed by atoms with Crippen molar-refractivity contribution >= 4 is 13.1 Å². The standard InChI is InChI=1S/C5H9BN2O2.Li.H2O/c1-8-2-4(5(8)9)7-3-6-10;;/h4,7H,2-3H2,1H3;;1H2/q;+1;/p-1. The van der Waals surface area contributed by atoms with Gasteiger partial charge in [0.15, 0.2) is 0 Å². The van der Waals surface area contributed by atoms with Gasteiger partial charge in [0, 0.05) is 0 Å². The monoisotopic (exact) mass is 164 g/mol. The van der Waals surface area contributed by atoms with Crippen molar-refractivity contribution in [2.24, 2.45) is 0 Å². The molecule has 0 radical (unpaired) electrons. The molecule has 1 heterocycles. The van der Waals surface area contributed by atoms with Crippen LogP contribution in [0, 0.1) is 0 Å². The van der Waals surface area contributed by atoms with Crippen LogP contribution in [-0.2, 0) is 9.50 Å². The SMILES string of the molecule is CN1CC(NCB=O)C1=O.[Li+].[OH-]. The van der Waals surface area contributed by atoms with Crippen molar-refractivity contribution in [2.75, 3.05) is 20.0 Å². The van der Waals surface area contributed by atoms with Crippen LogP contribution in [0.3, 0.4) is 0 Å². The first kappa shape index (κ1) is 14.4. The van der Waals surface area contributed by atoms with Crippen LogP contribution in [0.2, 0.25) is 0 Å². The molecular weight excluding hydrogens is 154 g/mol. The molecule has 1 rings (SSSR count). The molecule has 62 valence electrons. The zero-order chi connectivity index (χ0) is 7.56. The molecule has 12 heavy (non-hydrogen) atoms. The van der Waals surface area contributed by atoms with Crippen LogP contribution in [0.15, 0.2) is 0 Å². The Morgan fingerprint density at radius 3 is 2.67 bits per heavy atom. The van der Waals surface area contributed by atoms with Gasteiger partial charge in [0.2, 0.25) is 0 Å². The zero-order valence-electron chi connectivity index (χ0n) is 7.28. The first-order chi connectivity index (χ1) is 4.75. The van der Waals surface area contributed by atoms with Gasteiger partial charge in [-0.05, 0) is 0 Å². The second-order valence-corrected chi connectivity index (χ2v) is 2.35. The summed E-state index contributed by atoms with van der Waals surface area (Å²) in [5, 5.41) is 2.79. The Bertz CT molecular complexity index is 169. The maximum absolute atomic E-state index is 10.8. The number of β-lactam (4-membered cyclic amide) rings is 1. The second-order valence-electron chi connectivity index (χ2n) is 2.35. The summed E-state index contributed by atoms with van der Waals surface area (Å²) in [7, 11) is 2.49. The average molecular weight is 164 g/mol. The topological polar surface area (TPSA) is 79.4 Å². The van der Waals surface area contributed by atoms with Gasteiger partial charge in [0.25, 0.3) is 0 Å². The largest absolute Gasteiger partial charge is 1.00 e. The third kappa shape index (κ3) is 3.07. The first-order valence-electron chi connectivity index (χ1n) is 3.17. The Kier molecular flexibility index (Phi) is 7.64. The Balaban J connectivity index is 0. The molecule has 0 aromatic rings.